The number of imidazole rings is 1. The first-order chi connectivity index (χ1) is 7.19. The van der Waals surface area contributed by atoms with E-state index in [1.165, 1.54) is 0 Å². The average Bonchev–Trinajstić information content (AvgIpc) is 2.70. The monoisotopic (exact) mass is 211 g/mol. The minimum absolute atomic E-state index is 0.445. The summed E-state index contributed by atoms with van der Waals surface area (Å²) in [5.41, 5.74) is 0.786. The summed E-state index contributed by atoms with van der Waals surface area (Å²) in [5, 5.41) is 9.13. The highest BCUT2D eigenvalue weighted by Gasteiger charge is 2.24. The van der Waals surface area contributed by atoms with Gasteiger partial charge < -0.3 is 10.1 Å². The quantitative estimate of drug-likeness (QED) is 0.728. The minimum atomic E-state index is -0.790. The molecule has 0 saturated carbocycles. The predicted octanol–water partition coefficient (Wildman–Crippen LogP) is 0.747. The summed E-state index contributed by atoms with van der Waals surface area (Å²) < 4.78 is 0. The highest BCUT2D eigenvalue weighted by molar-refractivity contribution is 5.73. The molecule has 0 aliphatic heterocycles. The van der Waals surface area contributed by atoms with Gasteiger partial charge in [0, 0.05) is 12.6 Å². The summed E-state index contributed by atoms with van der Waals surface area (Å²) >= 11 is 0. The van der Waals surface area contributed by atoms with Crippen LogP contribution < -0.4 is 0 Å². The van der Waals surface area contributed by atoms with Crippen LogP contribution in [0.4, 0.5) is 0 Å². The third-order valence-corrected chi connectivity index (χ3v) is 2.50. The molecule has 1 rings (SSSR count). The van der Waals surface area contributed by atoms with Crippen LogP contribution in [0.5, 0.6) is 0 Å². The Balaban J connectivity index is 2.70. The largest absolute Gasteiger partial charge is 0.480 e. The number of carbonyl (C=O) groups is 1. The number of H-pyrrole nitrogens is 1. The molecule has 0 saturated heterocycles. The molecule has 0 fully saturated rings. The van der Waals surface area contributed by atoms with Gasteiger partial charge in [-0.1, -0.05) is 13.8 Å². The lowest BCUT2D eigenvalue weighted by Gasteiger charge is -2.25. The fourth-order valence-corrected chi connectivity index (χ4v) is 1.64. The molecule has 0 unspecified atom stereocenters. The van der Waals surface area contributed by atoms with Gasteiger partial charge in [-0.15, -0.1) is 0 Å². The van der Waals surface area contributed by atoms with Gasteiger partial charge in [-0.25, -0.2) is 4.98 Å². The van der Waals surface area contributed by atoms with Crippen molar-refractivity contribution in [3.8, 4) is 0 Å². The molecule has 5 nitrogen and oxygen atoms in total. The van der Waals surface area contributed by atoms with Crippen LogP contribution in [0.2, 0.25) is 0 Å². The van der Waals surface area contributed by atoms with E-state index in [9.17, 15) is 4.79 Å². The Hall–Kier alpha value is -1.36. The molecule has 0 aliphatic rings. The van der Waals surface area contributed by atoms with Gasteiger partial charge >= 0.3 is 5.97 Å². The van der Waals surface area contributed by atoms with Crippen molar-refractivity contribution in [2.45, 2.75) is 26.3 Å². The van der Waals surface area contributed by atoms with Crippen molar-refractivity contribution >= 4 is 5.97 Å². The Kier molecular flexibility index (Phi) is 4.30. The van der Waals surface area contributed by atoms with Gasteiger partial charge in [-0.05, 0) is 13.1 Å². The molecule has 15 heavy (non-hydrogen) atoms. The van der Waals surface area contributed by atoms with Crippen molar-refractivity contribution in [3.05, 3.63) is 18.2 Å². The fraction of sp³-hybridized carbons (Fsp3) is 0.600. The standard InChI is InChI=1S/C10H17N3O2/c1-3-13(4-2)9(10(14)15)5-8-6-11-7-12-8/h6-7,9H,3-5H2,1-2H3,(H,11,12)(H,14,15)/t9-/m0/s1. The molecule has 5 heteroatoms. The molecule has 1 aromatic heterocycles. The van der Waals surface area contributed by atoms with Crippen LogP contribution in [0, 0.1) is 0 Å². The summed E-state index contributed by atoms with van der Waals surface area (Å²) in [6.07, 6.45) is 3.75. The maximum Gasteiger partial charge on any atom is 0.321 e. The van der Waals surface area contributed by atoms with Crippen LogP contribution in [0.25, 0.3) is 0 Å². The van der Waals surface area contributed by atoms with E-state index in [-0.39, 0.29) is 0 Å². The second-order valence-corrected chi connectivity index (χ2v) is 3.34. The molecule has 0 aromatic carbocycles. The maximum absolute atomic E-state index is 11.1. The maximum atomic E-state index is 11.1. The molecule has 0 spiro atoms. The van der Waals surface area contributed by atoms with E-state index in [0.29, 0.717) is 6.42 Å². The lowest BCUT2D eigenvalue weighted by atomic mass is 10.1. The molecule has 2 N–H and O–H groups in total. The van der Waals surface area contributed by atoms with Crippen LogP contribution in [0.15, 0.2) is 12.5 Å². The SMILES string of the molecule is CCN(CC)[C@@H](Cc1c[nH]cn1)C(=O)O. The summed E-state index contributed by atoms with van der Waals surface area (Å²) in [4.78, 5) is 19.9. The van der Waals surface area contributed by atoms with Crippen LogP contribution in [0.3, 0.4) is 0 Å². The molecule has 0 radical (unpaired) electrons. The van der Waals surface area contributed by atoms with E-state index in [1.54, 1.807) is 12.5 Å². The number of aliphatic carboxylic acids is 1. The zero-order valence-electron chi connectivity index (χ0n) is 9.10. The van der Waals surface area contributed by atoms with Crippen LogP contribution >= 0.6 is 0 Å². The summed E-state index contributed by atoms with van der Waals surface area (Å²) in [7, 11) is 0. The molecule has 0 amide bonds. The molecular formula is C10H17N3O2. The second kappa shape index (κ2) is 5.50. The van der Waals surface area contributed by atoms with Gasteiger partial charge in [0.1, 0.15) is 6.04 Å². The molecular weight excluding hydrogens is 194 g/mol. The lowest BCUT2D eigenvalue weighted by molar-refractivity contribution is -0.143. The zero-order chi connectivity index (χ0) is 11.3. The number of aromatic nitrogens is 2. The molecule has 1 heterocycles. The van der Waals surface area contributed by atoms with Crippen molar-refractivity contribution in [3.63, 3.8) is 0 Å². The Bertz CT molecular complexity index is 294. The van der Waals surface area contributed by atoms with E-state index in [1.807, 2.05) is 18.7 Å². The van der Waals surface area contributed by atoms with Crippen LogP contribution in [-0.2, 0) is 11.2 Å². The van der Waals surface area contributed by atoms with Gasteiger partial charge in [0.25, 0.3) is 0 Å². The summed E-state index contributed by atoms with van der Waals surface area (Å²) in [6, 6.07) is -0.483. The Morgan fingerprint density at radius 2 is 2.27 bits per heavy atom. The number of nitrogens with one attached hydrogen (secondary N) is 1. The van der Waals surface area contributed by atoms with Gasteiger partial charge in [0.2, 0.25) is 0 Å². The van der Waals surface area contributed by atoms with E-state index in [0.717, 1.165) is 18.8 Å². The first kappa shape index (κ1) is 11.7. The van der Waals surface area contributed by atoms with E-state index < -0.39 is 12.0 Å². The Labute approximate surface area is 89.1 Å². The third-order valence-electron chi connectivity index (χ3n) is 2.50. The highest BCUT2D eigenvalue weighted by Crippen LogP contribution is 2.06. The summed E-state index contributed by atoms with van der Waals surface area (Å²) in [6.45, 7) is 5.39. The van der Waals surface area contributed by atoms with Crippen molar-refractivity contribution in [2.75, 3.05) is 13.1 Å². The van der Waals surface area contributed by atoms with Crippen molar-refractivity contribution in [1.29, 1.82) is 0 Å². The number of hydrogen-bond acceptors (Lipinski definition) is 3. The number of nitrogens with zero attached hydrogens (tertiary/aromatic N) is 2. The van der Waals surface area contributed by atoms with Gasteiger partial charge in [0.05, 0.1) is 12.0 Å². The van der Waals surface area contributed by atoms with E-state index in [4.69, 9.17) is 5.11 Å². The lowest BCUT2D eigenvalue weighted by Crippen LogP contribution is -2.42. The number of carboxylic acid groups (broad SMARTS) is 1. The number of hydrogen-bond donors (Lipinski definition) is 2. The second-order valence-electron chi connectivity index (χ2n) is 3.34. The van der Waals surface area contributed by atoms with E-state index >= 15 is 0 Å². The fourth-order valence-electron chi connectivity index (χ4n) is 1.64. The molecule has 1 atom stereocenters. The molecule has 1 aromatic rings. The van der Waals surface area contributed by atoms with Crippen LogP contribution in [-0.4, -0.2) is 45.1 Å². The predicted molar refractivity (Wildman–Crippen MR) is 56.6 cm³/mol. The number of aromatic amines is 1. The minimum Gasteiger partial charge on any atom is -0.480 e. The normalized spacial score (nSPS) is 13.0. The number of likely N-dealkylation sites (N-methyl/N-ethyl adjacent to an activating group) is 1. The topological polar surface area (TPSA) is 69.2 Å². The Morgan fingerprint density at radius 3 is 2.67 bits per heavy atom. The van der Waals surface area contributed by atoms with Crippen LogP contribution in [0.1, 0.15) is 19.5 Å². The first-order valence-electron chi connectivity index (χ1n) is 5.13. The van der Waals surface area contributed by atoms with Crippen molar-refractivity contribution in [1.82, 2.24) is 14.9 Å². The van der Waals surface area contributed by atoms with Crippen molar-refractivity contribution in [2.24, 2.45) is 0 Å². The summed E-state index contributed by atoms with van der Waals surface area (Å²) in [5.74, 6) is -0.790. The molecule has 0 bridgehead atoms. The van der Waals surface area contributed by atoms with Crippen molar-refractivity contribution < 1.29 is 9.90 Å². The van der Waals surface area contributed by atoms with E-state index in [2.05, 4.69) is 9.97 Å². The van der Waals surface area contributed by atoms with Gasteiger partial charge in [-0.2, -0.15) is 0 Å². The highest BCUT2D eigenvalue weighted by atomic mass is 16.4. The van der Waals surface area contributed by atoms with Gasteiger partial charge in [0.15, 0.2) is 0 Å². The molecule has 0 aliphatic carbocycles. The average molecular weight is 211 g/mol. The molecule has 84 valence electrons. The number of rotatable bonds is 6. The van der Waals surface area contributed by atoms with Gasteiger partial charge in [-0.3, -0.25) is 9.69 Å². The third kappa shape index (κ3) is 3.06. The first-order valence-corrected chi connectivity index (χ1v) is 5.13. The smallest absolute Gasteiger partial charge is 0.321 e. The number of carboxylic acids is 1. The Morgan fingerprint density at radius 1 is 1.60 bits per heavy atom. The zero-order valence-corrected chi connectivity index (χ0v) is 9.10.